The summed E-state index contributed by atoms with van der Waals surface area (Å²) in [5.41, 5.74) is -0.0654. The molecule has 0 aliphatic carbocycles. The number of sulfonamides is 1. The quantitative estimate of drug-likeness (QED) is 0.861. The molecule has 1 aromatic rings. The molecule has 1 aromatic carbocycles. The molecular weight excluding hydrogens is 261 g/mol. The predicted molar refractivity (Wildman–Crippen MR) is 56.5 cm³/mol. The van der Waals surface area contributed by atoms with E-state index in [-0.39, 0.29) is 10.7 Å². The third-order valence-corrected chi connectivity index (χ3v) is 2.98. The van der Waals surface area contributed by atoms with Crippen LogP contribution in [0.25, 0.3) is 0 Å². The fourth-order valence-electron chi connectivity index (χ4n) is 0.938. The highest BCUT2D eigenvalue weighted by molar-refractivity contribution is 7.93. The largest absolute Gasteiger partial charge is 0.480 e. The van der Waals surface area contributed by atoms with Gasteiger partial charge in [0, 0.05) is 0 Å². The molecule has 0 radical (unpaired) electrons. The summed E-state index contributed by atoms with van der Waals surface area (Å²) in [4.78, 5) is 10.2. The van der Waals surface area contributed by atoms with E-state index in [1.807, 2.05) is 4.72 Å². The van der Waals surface area contributed by atoms with Crippen molar-refractivity contribution in [1.29, 1.82) is 0 Å². The summed E-state index contributed by atoms with van der Waals surface area (Å²) < 4.78 is 37.0. The molecule has 16 heavy (non-hydrogen) atoms. The minimum Gasteiger partial charge on any atom is -0.480 e. The lowest BCUT2D eigenvalue weighted by atomic mass is 10.3. The third kappa shape index (κ3) is 3.67. The summed E-state index contributed by atoms with van der Waals surface area (Å²) >= 11 is 5.56. The van der Waals surface area contributed by atoms with Crippen molar-refractivity contribution in [1.82, 2.24) is 0 Å². The van der Waals surface area contributed by atoms with Crippen molar-refractivity contribution in [2.45, 2.75) is 0 Å². The van der Waals surface area contributed by atoms with Gasteiger partial charge in [0.25, 0.3) is 0 Å². The number of hydrogen-bond acceptors (Lipinski definition) is 3. The zero-order valence-electron chi connectivity index (χ0n) is 7.78. The van der Waals surface area contributed by atoms with Gasteiger partial charge in [0.1, 0.15) is 5.82 Å². The Bertz CT molecular complexity index is 517. The highest BCUT2D eigenvalue weighted by Gasteiger charge is 2.16. The van der Waals surface area contributed by atoms with E-state index in [9.17, 15) is 17.6 Å². The molecule has 1 rings (SSSR count). The van der Waals surface area contributed by atoms with Gasteiger partial charge in [0.2, 0.25) is 10.0 Å². The molecule has 2 N–H and O–H groups in total. The van der Waals surface area contributed by atoms with E-state index in [1.165, 1.54) is 0 Å². The lowest BCUT2D eigenvalue weighted by Crippen LogP contribution is -2.22. The van der Waals surface area contributed by atoms with Gasteiger partial charge in [-0.15, -0.1) is 0 Å². The number of benzene rings is 1. The number of halogens is 2. The molecule has 0 heterocycles. The van der Waals surface area contributed by atoms with Crippen molar-refractivity contribution in [2.24, 2.45) is 0 Å². The second kappa shape index (κ2) is 4.67. The molecule has 5 nitrogen and oxygen atoms in total. The Balaban J connectivity index is 2.92. The SMILES string of the molecule is O=C(O)CS(=O)(=O)Nc1ccc(F)cc1Cl. The lowest BCUT2D eigenvalue weighted by Gasteiger charge is -2.07. The highest BCUT2D eigenvalue weighted by Crippen LogP contribution is 2.23. The van der Waals surface area contributed by atoms with Crippen molar-refractivity contribution >= 4 is 33.3 Å². The molecule has 0 amide bonds. The average molecular weight is 268 g/mol. The van der Waals surface area contributed by atoms with Crippen molar-refractivity contribution < 1.29 is 22.7 Å². The Morgan fingerprint density at radius 1 is 1.50 bits per heavy atom. The molecule has 0 saturated heterocycles. The van der Waals surface area contributed by atoms with E-state index in [0.29, 0.717) is 0 Å². The molecule has 0 saturated carbocycles. The number of rotatable bonds is 4. The lowest BCUT2D eigenvalue weighted by molar-refractivity contribution is -0.134. The zero-order valence-corrected chi connectivity index (χ0v) is 9.35. The molecule has 0 bridgehead atoms. The van der Waals surface area contributed by atoms with E-state index >= 15 is 0 Å². The van der Waals surface area contributed by atoms with E-state index < -0.39 is 27.6 Å². The van der Waals surface area contributed by atoms with E-state index in [4.69, 9.17) is 16.7 Å². The van der Waals surface area contributed by atoms with Gasteiger partial charge in [-0.2, -0.15) is 0 Å². The molecule has 88 valence electrons. The number of aliphatic carboxylic acids is 1. The number of carboxylic acids is 1. The first-order chi connectivity index (χ1) is 7.30. The molecule has 0 aliphatic rings. The van der Waals surface area contributed by atoms with Crippen LogP contribution in [0.15, 0.2) is 18.2 Å². The van der Waals surface area contributed by atoms with Gasteiger partial charge in [0.15, 0.2) is 5.75 Å². The van der Waals surface area contributed by atoms with Gasteiger partial charge < -0.3 is 5.11 Å². The predicted octanol–water partition coefficient (Wildman–Crippen LogP) is 1.31. The molecule has 0 unspecified atom stereocenters. The van der Waals surface area contributed by atoms with Crippen LogP contribution in [-0.4, -0.2) is 25.2 Å². The number of nitrogens with one attached hydrogen (secondary N) is 1. The van der Waals surface area contributed by atoms with Crippen LogP contribution in [0.3, 0.4) is 0 Å². The molecule has 0 aromatic heterocycles. The van der Waals surface area contributed by atoms with E-state index in [2.05, 4.69) is 0 Å². The van der Waals surface area contributed by atoms with Crippen molar-refractivity contribution in [3.05, 3.63) is 29.0 Å². The number of carbonyl (C=O) groups is 1. The Morgan fingerprint density at radius 2 is 2.12 bits per heavy atom. The molecule has 0 aliphatic heterocycles. The third-order valence-electron chi connectivity index (χ3n) is 1.51. The number of carboxylic acid groups (broad SMARTS) is 1. The fourth-order valence-corrected chi connectivity index (χ4v) is 2.12. The van der Waals surface area contributed by atoms with Crippen LogP contribution in [0.1, 0.15) is 0 Å². The smallest absolute Gasteiger partial charge is 0.320 e. The van der Waals surface area contributed by atoms with Crippen LogP contribution in [-0.2, 0) is 14.8 Å². The maximum absolute atomic E-state index is 12.6. The molecule has 0 fully saturated rings. The minimum absolute atomic E-state index is 0.0654. The maximum atomic E-state index is 12.6. The van der Waals surface area contributed by atoms with Gasteiger partial charge in [-0.1, -0.05) is 11.6 Å². The van der Waals surface area contributed by atoms with Crippen molar-refractivity contribution in [3.63, 3.8) is 0 Å². The maximum Gasteiger partial charge on any atom is 0.320 e. The number of hydrogen-bond donors (Lipinski definition) is 2. The van der Waals surface area contributed by atoms with Crippen LogP contribution in [0.4, 0.5) is 10.1 Å². The summed E-state index contributed by atoms with van der Waals surface area (Å²) in [5.74, 6) is -3.20. The van der Waals surface area contributed by atoms with Crippen LogP contribution in [0.2, 0.25) is 5.02 Å². The summed E-state index contributed by atoms with van der Waals surface area (Å²) in [6.45, 7) is 0. The fraction of sp³-hybridized carbons (Fsp3) is 0.125. The van der Waals surface area contributed by atoms with Crippen molar-refractivity contribution in [3.8, 4) is 0 Å². The van der Waals surface area contributed by atoms with Crippen LogP contribution in [0, 0.1) is 5.82 Å². The first kappa shape index (κ1) is 12.7. The summed E-state index contributed by atoms with van der Waals surface area (Å²) in [6.07, 6.45) is 0. The van der Waals surface area contributed by atoms with Crippen LogP contribution >= 0.6 is 11.6 Å². The Kier molecular flexibility index (Phi) is 3.71. The van der Waals surface area contributed by atoms with Gasteiger partial charge in [-0.25, -0.2) is 12.8 Å². The van der Waals surface area contributed by atoms with Gasteiger partial charge in [0.05, 0.1) is 10.7 Å². The topological polar surface area (TPSA) is 83.5 Å². The van der Waals surface area contributed by atoms with Gasteiger partial charge >= 0.3 is 5.97 Å². The minimum atomic E-state index is -4.03. The Labute approximate surface area is 95.9 Å². The zero-order chi connectivity index (χ0) is 12.3. The monoisotopic (exact) mass is 267 g/mol. The van der Waals surface area contributed by atoms with Gasteiger partial charge in [-0.05, 0) is 18.2 Å². The van der Waals surface area contributed by atoms with Crippen LogP contribution < -0.4 is 4.72 Å². The molecule has 0 atom stereocenters. The number of anilines is 1. The first-order valence-electron chi connectivity index (χ1n) is 3.97. The average Bonchev–Trinajstić information content (AvgIpc) is 2.07. The van der Waals surface area contributed by atoms with E-state index in [0.717, 1.165) is 18.2 Å². The molecule has 0 spiro atoms. The standard InChI is InChI=1S/C8H7ClFNO4S/c9-6-3-5(10)1-2-7(6)11-16(14,15)4-8(12)13/h1-3,11H,4H2,(H,12,13). The molecule has 8 heteroatoms. The second-order valence-electron chi connectivity index (χ2n) is 2.88. The van der Waals surface area contributed by atoms with Crippen molar-refractivity contribution in [2.75, 3.05) is 10.5 Å². The highest BCUT2D eigenvalue weighted by atomic mass is 35.5. The second-order valence-corrected chi connectivity index (χ2v) is 5.01. The van der Waals surface area contributed by atoms with Gasteiger partial charge in [-0.3, -0.25) is 9.52 Å². The summed E-state index contributed by atoms with van der Waals surface area (Å²) in [6, 6.07) is 3.03. The summed E-state index contributed by atoms with van der Waals surface area (Å²) in [7, 11) is -4.03. The Hall–Kier alpha value is -1.34. The summed E-state index contributed by atoms with van der Waals surface area (Å²) in [5, 5.41) is 8.18. The first-order valence-corrected chi connectivity index (χ1v) is 6.00. The van der Waals surface area contributed by atoms with Crippen LogP contribution in [0.5, 0.6) is 0 Å². The van der Waals surface area contributed by atoms with E-state index in [1.54, 1.807) is 0 Å². The Morgan fingerprint density at radius 3 is 2.62 bits per heavy atom. The molecular formula is C8H7ClFNO4S. The normalized spacial score (nSPS) is 11.1.